The number of aromatic nitrogens is 1. The normalized spacial score (nSPS) is 14.6. The lowest BCUT2D eigenvalue weighted by Crippen LogP contribution is -2.37. The molecule has 35 heavy (non-hydrogen) atoms. The summed E-state index contributed by atoms with van der Waals surface area (Å²) in [5.41, 5.74) is 3.80. The zero-order chi connectivity index (χ0) is 24.5. The van der Waals surface area contributed by atoms with Gasteiger partial charge >= 0.3 is 5.97 Å². The van der Waals surface area contributed by atoms with E-state index in [2.05, 4.69) is 24.1 Å². The molecule has 2 heterocycles. The van der Waals surface area contributed by atoms with E-state index < -0.39 is 12.1 Å². The molecule has 1 atom stereocenters. The molecule has 1 unspecified atom stereocenters. The van der Waals surface area contributed by atoms with Gasteiger partial charge in [0.15, 0.2) is 6.10 Å². The quantitative estimate of drug-likeness (QED) is 0.401. The minimum absolute atomic E-state index is 0.351. The summed E-state index contributed by atoms with van der Waals surface area (Å²) in [6.07, 6.45) is -0.190. The van der Waals surface area contributed by atoms with Crippen LogP contribution in [0.4, 0.5) is 5.69 Å². The first-order valence-corrected chi connectivity index (χ1v) is 12.1. The largest absolute Gasteiger partial charge is 0.449 e. The van der Waals surface area contributed by atoms with Crippen molar-refractivity contribution in [1.29, 1.82) is 0 Å². The van der Waals surface area contributed by atoms with Gasteiger partial charge in [-0.3, -0.25) is 14.7 Å². The highest BCUT2D eigenvalue weighted by atomic mass is 16.5. The number of pyridine rings is 1. The second-order valence-electron chi connectivity index (χ2n) is 9.31. The van der Waals surface area contributed by atoms with E-state index in [1.165, 1.54) is 0 Å². The molecule has 178 valence electrons. The first-order chi connectivity index (χ1) is 16.9. The Morgan fingerprint density at radius 3 is 2.46 bits per heavy atom. The second-order valence-corrected chi connectivity index (χ2v) is 9.31. The highest BCUT2D eigenvalue weighted by molar-refractivity contribution is 6.07. The van der Waals surface area contributed by atoms with Crippen LogP contribution in [0, 0.1) is 0 Å². The van der Waals surface area contributed by atoms with Gasteiger partial charge in [-0.2, -0.15) is 0 Å². The predicted octanol–water partition coefficient (Wildman–Crippen LogP) is 5.34. The van der Waals surface area contributed by atoms with Crippen molar-refractivity contribution in [2.75, 3.05) is 11.9 Å². The van der Waals surface area contributed by atoms with Crippen LogP contribution in [0.15, 0.2) is 66.7 Å². The van der Waals surface area contributed by atoms with Gasteiger partial charge in [0, 0.05) is 53.3 Å². The Morgan fingerprint density at radius 1 is 0.943 bits per heavy atom. The maximum atomic E-state index is 13.5. The Balaban J connectivity index is 1.43. The van der Waals surface area contributed by atoms with E-state index in [0.717, 1.165) is 45.9 Å². The molecule has 6 heteroatoms. The molecule has 3 aromatic carbocycles. The SMILES string of the molecule is CC(OC(=O)c1c2c(nc3ccccc13)CCN(C(C)C)C2)C(=O)Nc1cccc2ccccc12. The van der Waals surface area contributed by atoms with E-state index >= 15 is 0 Å². The number of anilines is 1. The lowest BCUT2D eigenvalue weighted by molar-refractivity contribution is -0.123. The minimum Gasteiger partial charge on any atom is -0.449 e. The molecule has 1 aliphatic heterocycles. The van der Waals surface area contributed by atoms with E-state index in [9.17, 15) is 9.59 Å². The summed E-state index contributed by atoms with van der Waals surface area (Å²) < 4.78 is 5.76. The van der Waals surface area contributed by atoms with Gasteiger partial charge in [-0.1, -0.05) is 54.6 Å². The molecular formula is C29H29N3O3. The monoisotopic (exact) mass is 467 g/mol. The van der Waals surface area contributed by atoms with Gasteiger partial charge in [0.25, 0.3) is 5.91 Å². The van der Waals surface area contributed by atoms with Crippen LogP contribution in [0.1, 0.15) is 42.4 Å². The van der Waals surface area contributed by atoms with Crippen molar-refractivity contribution in [2.45, 2.75) is 45.9 Å². The summed E-state index contributed by atoms with van der Waals surface area (Å²) in [5.74, 6) is -0.864. The van der Waals surface area contributed by atoms with Gasteiger partial charge in [-0.15, -0.1) is 0 Å². The van der Waals surface area contributed by atoms with Crippen molar-refractivity contribution in [3.05, 3.63) is 83.6 Å². The zero-order valence-electron chi connectivity index (χ0n) is 20.2. The summed E-state index contributed by atoms with van der Waals surface area (Å²) in [6, 6.07) is 21.5. The fraction of sp³-hybridized carbons (Fsp3) is 0.276. The fourth-order valence-corrected chi connectivity index (χ4v) is 4.73. The molecule has 0 aliphatic carbocycles. The second kappa shape index (κ2) is 9.47. The van der Waals surface area contributed by atoms with Crippen molar-refractivity contribution in [2.24, 2.45) is 0 Å². The van der Waals surface area contributed by atoms with Crippen molar-refractivity contribution in [3.63, 3.8) is 0 Å². The van der Waals surface area contributed by atoms with Crippen LogP contribution in [0.5, 0.6) is 0 Å². The van der Waals surface area contributed by atoms with Crippen molar-refractivity contribution < 1.29 is 14.3 Å². The molecule has 0 fully saturated rings. The summed E-state index contributed by atoms with van der Waals surface area (Å²) in [7, 11) is 0. The number of benzene rings is 3. The summed E-state index contributed by atoms with van der Waals surface area (Å²) in [6.45, 7) is 7.43. The van der Waals surface area contributed by atoms with E-state index in [0.29, 0.717) is 23.8 Å². The maximum Gasteiger partial charge on any atom is 0.339 e. The number of hydrogen-bond acceptors (Lipinski definition) is 5. The number of carbonyl (C=O) groups excluding carboxylic acids is 2. The first-order valence-electron chi connectivity index (χ1n) is 12.1. The van der Waals surface area contributed by atoms with Gasteiger partial charge in [0.05, 0.1) is 11.1 Å². The van der Waals surface area contributed by atoms with Gasteiger partial charge in [0.1, 0.15) is 0 Å². The summed E-state index contributed by atoms with van der Waals surface area (Å²) in [5, 5.41) is 5.64. The van der Waals surface area contributed by atoms with Crippen LogP contribution in [0.25, 0.3) is 21.7 Å². The van der Waals surface area contributed by atoms with E-state index in [-0.39, 0.29) is 5.91 Å². The lowest BCUT2D eigenvalue weighted by atomic mass is 9.95. The molecule has 1 amide bonds. The Bertz CT molecular complexity index is 1420. The van der Waals surface area contributed by atoms with Gasteiger partial charge in [-0.05, 0) is 38.3 Å². The van der Waals surface area contributed by atoms with Crippen molar-refractivity contribution in [3.8, 4) is 0 Å². The average Bonchev–Trinajstić information content (AvgIpc) is 2.86. The van der Waals surface area contributed by atoms with Gasteiger partial charge in [0.2, 0.25) is 0 Å². The predicted molar refractivity (Wildman–Crippen MR) is 138 cm³/mol. The Labute approximate surface area is 204 Å². The molecule has 0 saturated heterocycles. The molecule has 4 aromatic rings. The van der Waals surface area contributed by atoms with E-state index in [4.69, 9.17) is 9.72 Å². The number of carbonyl (C=O) groups is 2. The smallest absolute Gasteiger partial charge is 0.339 e. The molecule has 1 aromatic heterocycles. The minimum atomic E-state index is -0.964. The number of nitrogens with one attached hydrogen (secondary N) is 1. The molecule has 0 saturated carbocycles. The third-order valence-corrected chi connectivity index (χ3v) is 6.71. The van der Waals surface area contributed by atoms with Gasteiger partial charge < -0.3 is 10.1 Å². The van der Waals surface area contributed by atoms with Gasteiger partial charge in [-0.25, -0.2) is 4.79 Å². The maximum absolute atomic E-state index is 13.5. The average molecular weight is 468 g/mol. The van der Waals surface area contributed by atoms with Crippen LogP contribution in [-0.4, -0.2) is 40.5 Å². The number of para-hydroxylation sites is 1. The van der Waals surface area contributed by atoms with Crippen molar-refractivity contribution >= 4 is 39.2 Å². The number of nitrogens with zero attached hydrogens (tertiary/aromatic N) is 2. The van der Waals surface area contributed by atoms with Crippen LogP contribution in [0.2, 0.25) is 0 Å². The fourth-order valence-electron chi connectivity index (χ4n) is 4.73. The van der Waals surface area contributed by atoms with E-state index in [1.54, 1.807) is 6.92 Å². The van der Waals surface area contributed by atoms with Crippen LogP contribution < -0.4 is 5.32 Å². The molecule has 5 rings (SSSR count). The number of amides is 1. The Morgan fingerprint density at radius 2 is 1.66 bits per heavy atom. The Kier molecular flexibility index (Phi) is 6.22. The standard InChI is InChI=1S/C29H29N3O3/c1-18(2)32-16-15-26-23(17-32)27(22-12-6-7-13-25(22)30-26)29(34)35-19(3)28(33)31-24-14-8-10-20-9-4-5-11-21(20)24/h4-14,18-19H,15-17H2,1-3H3,(H,31,33). The third-order valence-electron chi connectivity index (χ3n) is 6.71. The van der Waals surface area contributed by atoms with E-state index in [1.807, 2.05) is 66.7 Å². The molecule has 6 nitrogen and oxygen atoms in total. The summed E-state index contributed by atoms with van der Waals surface area (Å²) >= 11 is 0. The van der Waals surface area contributed by atoms with Crippen LogP contribution >= 0.6 is 0 Å². The number of rotatable bonds is 5. The van der Waals surface area contributed by atoms with Crippen molar-refractivity contribution in [1.82, 2.24) is 9.88 Å². The number of hydrogen-bond donors (Lipinski definition) is 1. The highest BCUT2D eigenvalue weighted by Crippen LogP contribution is 2.30. The zero-order valence-corrected chi connectivity index (χ0v) is 20.2. The lowest BCUT2D eigenvalue weighted by Gasteiger charge is -2.32. The Hall–Kier alpha value is -3.77. The molecule has 0 spiro atoms. The summed E-state index contributed by atoms with van der Waals surface area (Å²) in [4.78, 5) is 33.7. The third kappa shape index (κ3) is 4.49. The molecule has 1 aliphatic rings. The molecule has 0 bridgehead atoms. The molecule has 1 N–H and O–H groups in total. The number of ether oxygens (including phenoxy) is 1. The number of fused-ring (bicyclic) bond motifs is 3. The van der Waals surface area contributed by atoms with Crippen LogP contribution in [0.3, 0.4) is 0 Å². The molecular weight excluding hydrogens is 438 g/mol. The topological polar surface area (TPSA) is 71.5 Å². The number of esters is 1. The highest BCUT2D eigenvalue weighted by Gasteiger charge is 2.29. The van der Waals surface area contributed by atoms with Crippen LogP contribution in [-0.2, 0) is 22.5 Å². The molecule has 0 radical (unpaired) electrons. The first kappa shape index (κ1) is 23.0.